The van der Waals surface area contributed by atoms with Crippen LogP contribution in [0.3, 0.4) is 0 Å². The molecule has 2 aliphatic heterocycles. The topological polar surface area (TPSA) is 85.8 Å². The van der Waals surface area contributed by atoms with Gasteiger partial charge in [0.05, 0.1) is 38.1 Å². The zero-order chi connectivity index (χ0) is 22.8. The molecule has 1 unspecified atom stereocenters. The van der Waals surface area contributed by atoms with Crippen LogP contribution in [0.5, 0.6) is 11.5 Å². The Balaban J connectivity index is 0.00000274. The van der Waals surface area contributed by atoms with Crippen LogP contribution in [-0.4, -0.2) is 67.3 Å². The molecule has 1 saturated heterocycles. The molecule has 34 heavy (non-hydrogen) atoms. The molecule has 0 saturated carbocycles. The molecule has 3 heterocycles. The third-order valence-electron chi connectivity index (χ3n) is 6.05. The van der Waals surface area contributed by atoms with Gasteiger partial charge in [0.15, 0.2) is 11.5 Å². The van der Waals surface area contributed by atoms with Crippen molar-refractivity contribution in [2.75, 3.05) is 51.9 Å². The van der Waals surface area contributed by atoms with E-state index in [0.29, 0.717) is 46.0 Å². The van der Waals surface area contributed by atoms with Crippen molar-refractivity contribution >= 4 is 34.9 Å². The lowest BCUT2D eigenvalue weighted by Crippen LogP contribution is -2.37. The fourth-order valence-corrected chi connectivity index (χ4v) is 4.39. The Kier molecular flexibility index (Phi) is 7.45. The molecule has 1 atom stereocenters. The normalized spacial score (nSPS) is 17.7. The molecule has 0 radical (unpaired) electrons. The molecule has 0 bridgehead atoms. The second-order valence-corrected chi connectivity index (χ2v) is 8.09. The monoisotopic (exact) mass is 488 g/mol. The zero-order valence-corrected chi connectivity index (χ0v) is 19.6. The minimum absolute atomic E-state index is 0. The van der Waals surface area contributed by atoms with Crippen molar-refractivity contribution in [1.82, 2.24) is 14.9 Å². The van der Waals surface area contributed by atoms with E-state index in [1.54, 1.807) is 19.2 Å². The second kappa shape index (κ2) is 10.5. The summed E-state index contributed by atoms with van der Waals surface area (Å²) in [6.45, 7) is 4.94. The van der Waals surface area contributed by atoms with Gasteiger partial charge in [-0.2, -0.15) is 0 Å². The van der Waals surface area contributed by atoms with Crippen LogP contribution < -0.4 is 14.8 Å². The van der Waals surface area contributed by atoms with Crippen LogP contribution in [0.1, 0.15) is 23.6 Å². The summed E-state index contributed by atoms with van der Waals surface area (Å²) in [4.78, 5) is 23.9. The van der Waals surface area contributed by atoms with Gasteiger partial charge in [-0.15, -0.1) is 12.4 Å². The van der Waals surface area contributed by atoms with Crippen molar-refractivity contribution in [3.63, 3.8) is 0 Å². The number of hydrogen-bond donors (Lipinski definition) is 1. The van der Waals surface area contributed by atoms with Gasteiger partial charge in [-0.25, -0.2) is 14.4 Å². The first-order chi connectivity index (χ1) is 16.1. The smallest absolute Gasteiger partial charge is 0.238 e. The van der Waals surface area contributed by atoms with Crippen molar-refractivity contribution in [3.05, 3.63) is 53.7 Å². The van der Waals surface area contributed by atoms with E-state index in [4.69, 9.17) is 14.2 Å². The number of rotatable bonds is 7. The maximum absolute atomic E-state index is 13.6. The Morgan fingerprint density at radius 3 is 2.79 bits per heavy atom. The van der Waals surface area contributed by atoms with E-state index in [0.717, 1.165) is 39.3 Å². The summed E-state index contributed by atoms with van der Waals surface area (Å²) in [5, 5.41) is 3.43. The summed E-state index contributed by atoms with van der Waals surface area (Å²) in [5.74, 6) is -0.175. The average Bonchev–Trinajstić information content (AvgIpc) is 3.16. The second-order valence-electron chi connectivity index (χ2n) is 8.09. The van der Waals surface area contributed by atoms with Crippen LogP contribution in [0.15, 0.2) is 36.7 Å². The molecule has 180 valence electrons. The molecule has 1 aromatic heterocycles. The van der Waals surface area contributed by atoms with Gasteiger partial charge in [0, 0.05) is 36.8 Å². The highest BCUT2D eigenvalue weighted by molar-refractivity contribution is 6.06. The Bertz CT molecular complexity index is 1190. The standard InChI is InChI=1S/C24H25FN4O4.ClH/c1-31-20-12-17-18(13-21(20)33-8-2-5-29-6-9-32-10-7-29)26-14-27-23(17)22-16-4-3-15(25)11-19(16)28-24(22)30;/h3-4,11-14,22H,2,5-10H2,1H3,(H,28,30);1H. The molecular formula is C24H26ClFN4O4. The first-order valence-corrected chi connectivity index (χ1v) is 11.0. The van der Waals surface area contributed by atoms with Crippen LogP contribution in [0.25, 0.3) is 10.9 Å². The van der Waals surface area contributed by atoms with Gasteiger partial charge in [0.2, 0.25) is 5.91 Å². The highest BCUT2D eigenvalue weighted by Crippen LogP contribution is 2.41. The molecular weight excluding hydrogens is 463 g/mol. The molecule has 0 spiro atoms. The van der Waals surface area contributed by atoms with Crippen LogP contribution in [-0.2, 0) is 9.53 Å². The quantitative estimate of drug-likeness (QED) is 0.510. The number of nitrogens with one attached hydrogen (secondary N) is 1. The van der Waals surface area contributed by atoms with Crippen LogP contribution in [0.2, 0.25) is 0 Å². The molecule has 1 fully saturated rings. The Morgan fingerprint density at radius 2 is 2.00 bits per heavy atom. The SMILES string of the molecule is COc1cc2c(C3C(=O)Nc4cc(F)ccc43)ncnc2cc1OCCCN1CCOCC1.Cl. The summed E-state index contributed by atoms with van der Waals surface area (Å²) in [5.41, 5.74) is 2.33. The first kappa shape index (κ1) is 24.1. The third-order valence-corrected chi connectivity index (χ3v) is 6.05. The Hall–Kier alpha value is -3.01. The lowest BCUT2D eigenvalue weighted by Gasteiger charge is -2.26. The Labute approximate surface area is 202 Å². The summed E-state index contributed by atoms with van der Waals surface area (Å²) < 4.78 is 30.6. The maximum Gasteiger partial charge on any atom is 0.238 e. The van der Waals surface area contributed by atoms with Gasteiger partial charge in [-0.3, -0.25) is 9.69 Å². The Morgan fingerprint density at radius 1 is 1.18 bits per heavy atom. The third kappa shape index (κ3) is 4.77. The van der Waals surface area contributed by atoms with Gasteiger partial charge < -0.3 is 19.5 Å². The van der Waals surface area contributed by atoms with Crippen LogP contribution in [0.4, 0.5) is 10.1 Å². The van der Waals surface area contributed by atoms with Gasteiger partial charge in [0.1, 0.15) is 18.1 Å². The van der Waals surface area contributed by atoms with E-state index in [2.05, 4.69) is 20.2 Å². The molecule has 1 N–H and O–H groups in total. The number of nitrogens with zero attached hydrogens (tertiary/aromatic N) is 3. The molecule has 0 aliphatic carbocycles. The summed E-state index contributed by atoms with van der Waals surface area (Å²) in [6.07, 6.45) is 2.31. The molecule has 3 aromatic rings. The molecule has 2 aromatic carbocycles. The number of aromatic nitrogens is 2. The first-order valence-electron chi connectivity index (χ1n) is 11.0. The van der Waals surface area contributed by atoms with E-state index < -0.39 is 11.7 Å². The van der Waals surface area contributed by atoms with Gasteiger partial charge in [0.25, 0.3) is 0 Å². The molecule has 1 amide bonds. The predicted octanol–water partition coefficient (Wildman–Crippen LogP) is 3.38. The van der Waals surface area contributed by atoms with Crippen molar-refractivity contribution in [2.45, 2.75) is 12.3 Å². The molecule has 10 heteroatoms. The number of halogens is 2. The number of carbonyl (C=O) groups is 1. The minimum atomic E-state index is -0.656. The van der Waals surface area contributed by atoms with E-state index in [1.807, 2.05) is 6.07 Å². The van der Waals surface area contributed by atoms with Gasteiger partial charge in [-0.1, -0.05) is 6.07 Å². The summed E-state index contributed by atoms with van der Waals surface area (Å²) in [6, 6.07) is 7.90. The number of carbonyl (C=O) groups excluding carboxylic acids is 1. The molecule has 8 nitrogen and oxygen atoms in total. The zero-order valence-electron chi connectivity index (χ0n) is 18.8. The van der Waals surface area contributed by atoms with Crippen molar-refractivity contribution in [2.24, 2.45) is 0 Å². The lowest BCUT2D eigenvalue weighted by molar-refractivity contribution is -0.116. The number of methoxy groups -OCH3 is 1. The number of fused-ring (bicyclic) bond motifs is 2. The molecule has 5 rings (SSSR count). The van der Waals surface area contributed by atoms with Crippen molar-refractivity contribution in [3.8, 4) is 11.5 Å². The lowest BCUT2D eigenvalue weighted by atomic mass is 9.94. The van der Waals surface area contributed by atoms with E-state index in [-0.39, 0.29) is 18.3 Å². The van der Waals surface area contributed by atoms with Gasteiger partial charge >= 0.3 is 0 Å². The average molecular weight is 489 g/mol. The van der Waals surface area contributed by atoms with E-state index >= 15 is 0 Å². The van der Waals surface area contributed by atoms with Crippen molar-refractivity contribution < 1.29 is 23.4 Å². The highest BCUT2D eigenvalue weighted by Gasteiger charge is 2.34. The summed E-state index contributed by atoms with van der Waals surface area (Å²) in [7, 11) is 1.57. The van der Waals surface area contributed by atoms with E-state index in [9.17, 15) is 9.18 Å². The maximum atomic E-state index is 13.6. The fourth-order valence-electron chi connectivity index (χ4n) is 4.39. The largest absolute Gasteiger partial charge is 0.493 e. The van der Waals surface area contributed by atoms with Crippen LogP contribution >= 0.6 is 12.4 Å². The number of morpholine rings is 1. The number of amides is 1. The summed E-state index contributed by atoms with van der Waals surface area (Å²) >= 11 is 0. The number of ether oxygens (including phenoxy) is 3. The number of anilines is 1. The number of benzene rings is 2. The van der Waals surface area contributed by atoms with Crippen LogP contribution in [0, 0.1) is 5.82 Å². The minimum Gasteiger partial charge on any atom is -0.493 e. The molecule has 2 aliphatic rings. The highest BCUT2D eigenvalue weighted by atomic mass is 35.5. The van der Waals surface area contributed by atoms with Crippen molar-refractivity contribution in [1.29, 1.82) is 0 Å². The van der Waals surface area contributed by atoms with Gasteiger partial charge in [-0.05, 0) is 30.2 Å². The van der Waals surface area contributed by atoms with E-state index in [1.165, 1.54) is 18.5 Å². The fraction of sp³-hybridized carbons (Fsp3) is 0.375. The predicted molar refractivity (Wildman–Crippen MR) is 128 cm³/mol. The number of hydrogen-bond acceptors (Lipinski definition) is 7.